The van der Waals surface area contributed by atoms with Gasteiger partial charge >= 0.3 is 0 Å². The van der Waals surface area contributed by atoms with Crippen LogP contribution in [-0.2, 0) is 16.6 Å². The second-order valence-corrected chi connectivity index (χ2v) is 7.08. The number of sulfonamides is 1. The number of hydrogen-bond acceptors (Lipinski definition) is 4. The van der Waals surface area contributed by atoms with E-state index >= 15 is 0 Å². The molecule has 2 heterocycles. The average molecular weight is 285 g/mol. The number of nitrogens with zero attached hydrogens (tertiary/aromatic N) is 2. The summed E-state index contributed by atoms with van der Waals surface area (Å²) >= 11 is 1.55. The fourth-order valence-corrected chi connectivity index (χ4v) is 3.92. The molecule has 0 aliphatic heterocycles. The SMILES string of the molecule is CC(C)N(Cc1cccs1)S(=O)(=O)c1cn[nH]c1. The Balaban J connectivity index is 2.31. The molecule has 0 atom stereocenters. The number of nitrogens with one attached hydrogen (secondary N) is 1. The number of thiophene rings is 1. The van der Waals surface area contributed by atoms with E-state index in [9.17, 15) is 8.42 Å². The molecule has 0 spiro atoms. The molecule has 5 nitrogen and oxygen atoms in total. The molecule has 0 fully saturated rings. The van der Waals surface area contributed by atoms with Crippen LogP contribution < -0.4 is 0 Å². The lowest BCUT2D eigenvalue weighted by Crippen LogP contribution is -2.36. The van der Waals surface area contributed by atoms with Crippen molar-refractivity contribution in [1.29, 1.82) is 0 Å². The molecular weight excluding hydrogens is 270 g/mol. The van der Waals surface area contributed by atoms with E-state index in [1.165, 1.54) is 16.7 Å². The minimum Gasteiger partial charge on any atom is -0.284 e. The van der Waals surface area contributed by atoms with Crippen molar-refractivity contribution >= 4 is 21.4 Å². The maximum atomic E-state index is 12.4. The first-order chi connectivity index (χ1) is 8.51. The van der Waals surface area contributed by atoms with E-state index in [0.717, 1.165) is 4.88 Å². The van der Waals surface area contributed by atoms with Crippen molar-refractivity contribution in [2.45, 2.75) is 31.3 Å². The molecule has 0 aliphatic carbocycles. The van der Waals surface area contributed by atoms with E-state index in [-0.39, 0.29) is 10.9 Å². The highest BCUT2D eigenvalue weighted by Crippen LogP contribution is 2.21. The fourth-order valence-electron chi connectivity index (χ4n) is 1.62. The van der Waals surface area contributed by atoms with E-state index < -0.39 is 10.0 Å². The van der Waals surface area contributed by atoms with Crippen LogP contribution in [0.15, 0.2) is 34.8 Å². The maximum absolute atomic E-state index is 12.4. The summed E-state index contributed by atoms with van der Waals surface area (Å²) in [5, 5.41) is 8.18. The molecule has 2 rings (SSSR count). The van der Waals surface area contributed by atoms with Gasteiger partial charge in [0, 0.05) is 23.7 Å². The summed E-state index contributed by atoms with van der Waals surface area (Å²) in [4.78, 5) is 1.23. The van der Waals surface area contributed by atoms with Crippen LogP contribution in [0.4, 0.5) is 0 Å². The summed E-state index contributed by atoms with van der Waals surface area (Å²) in [6, 6.07) is 3.75. The fraction of sp³-hybridized carbons (Fsp3) is 0.364. The largest absolute Gasteiger partial charge is 0.284 e. The molecule has 18 heavy (non-hydrogen) atoms. The highest BCUT2D eigenvalue weighted by Gasteiger charge is 2.28. The average Bonchev–Trinajstić information content (AvgIpc) is 2.98. The molecule has 0 aromatic carbocycles. The van der Waals surface area contributed by atoms with E-state index in [1.54, 1.807) is 11.3 Å². The van der Waals surface area contributed by atoms with Crippen molar-refractivity contribution < 1.29 is 8.42 Å². The lowest BCUT2D eigenvalue weighted by molar-refractivity contribution is 0.350. The first-order valence-corrected chi connectivity index (χ1v) is 7.87. The maximum Gasteiger partial charge on any atom is 0.246 e. The summed E-state index contributed by atoms with van der Waals surface area (Å²) in [7, 11) is -3.49. The summed E-state index contributed by atoms with van der Waals surface area (Å²) in [5.41, 5.74) is 0. The van der Waals surface area contributed by atoms with Crippen molar-refractivity contribution in [2.24, 2.45) is 0 Å². The van der Waals surface area contributed by atoms with Crippen LogP contribution >= 0.6 is 11.3 Å². The Morgan fingerprint density at radius 2 is 2.28 bits per heavy atom. The Morgan fingerprint density at radius 3 is 2.78 bits per heavy atom. The van der Waals surface area contributed by atoms with Crippen molar-refractivity contribution in [2.75, 3.05) is 0 Å². The minimum absolute atomic E-state index is 0.105. The first kappa shape index (κ1) is 13.3. The Bertz CT molecular complexity index is 574. The molecule has 2 aromatic heterocycles. The Kier molecular flexibility index (Phi) is 3.84. The smallest absolute Gasteiger partial charge is 0.246 e. The van der Waals surface area contributed by atoms with Gasteiger partial charge in [-0.1, -0.05) is 6.07 Å². The van der Waals surface area contributed by atoms with E-state index in [2.05, 4.69) is 10.2 Å². The third-order valence-electron chi connectivity index (χ3n) is 2.55. The van der Waals surface area contributed by atoms with Crippen molar-refractivity contribution in [1.82, 2.24) is 14.5 Å². The van der Waals surface area contributed by atoms with Crippen LogP contribution in [0.2, 0.25) is 0 Å². The Hall–Kier alpha value is -1.18. The van der Waals surface area contributed by atoms with Crippen molar-refractivity contribution in [3.63, 3.8) is 0 Å². The van der Waals surface area contributed by atoms with Gasteiger partial charge in [-0.2, -0.15) is 9.40 Å². The lowest BCUT2D eigenvalue weighted by atomic mass is 10.4. The van der Waals surface area contributed by atoms with Crippen LogP contribution in [0, 0.1) is 0 Å². The minimum atomic E-state index is -3.49. The van der Waals surface area contributed by atoms with Gasteiger partial charge in [0.2, 0.25) is 10.0 Å². The molecule has 98 valence electrons. The molecule has 0 radical (unpaired) electrons. The van der Waals surface area contributed by atoms with Crippen LogP contribution in [0.3, 0.4) is 0 Å². The highest BCUT2D eigenvalue weighted by molar-refractivity contribution is 7.89. The Morgan fingerprint density at radius 1 is 1.50 bits per heavy atom. The van der Waals surface area contributed by atoms with Gasteiger partial charge in [-0.25, -0.2) is 8.42 Å². The number of rotatable bonds is 5. The molecule has 0 saturated heterocycles. The van der Waals surface area contributed by atoms with Crippen LogP contribution in [0.5, 0.6) is 0 Å². The Labute approximate surface area is 111 Å². The summed E-state index contributed by atoms with van der Waals surface area (Å²) in [5.74, 6) is 0. The lowest BCUT2D eigenvalue weighted by Gasteiger charge is -2.24. The van der Waals surface area contributed by atoms with Crippen LogP contribution in [0.1, 0.15) is 18.7 Å². The third kappa shape index (κ3) is 2.63. The van der Waals surface area contributed by atoms with Gasteiger partial charge in [-0.05, 0) is 25.3 Å². The predicted molar refractivity (Wildman–Crippen MR) is 70.8 cm³/mol. The molecule has 0 bridgehead atoms. The van der Waals surface area contributed by atoms with Gasteiger partial charge in [-0.15, -0.1) is 11.3 Å². The molecular formula is C11H15N3O2S2. The summed E-state index contributed by atoms with van der Waals surface area (Å²) in [6.07, 6.45) is 2.73. The molecule has 0 unspecified atom stereocenters. The number of aromatic nitrogens is 2. The van der Waals surface area contributed by atoms with E-state index in [4.69, 9.17) is 0 Å². The van der Waals surface area contributed by atoms with E-state index in [0.29, 0.717) is 6.54 Å². The third-order valence-corrected chi connectivity index (χ3v) is 5.40. The van der Waals surface area contributed by atoms with Gasteiger partial charge in [0.05, 0.1) is 6.20 Å². The topological polar surface area (TPSA) is 66.1 Å². The predicted octanol–water partition coefficient (Wildman–Crippen LogP) is 2.07. The van der Waals surface area contributed by atoms with Crippen molar-refractivity contribution in [3.05, 3.63) is 34.8 Å². The van der Waals surface area contributed by atoms with Crippen LogP contribution in [0.25, 0.3) is 0 Å². The van der Waals surface area contributed by atoms with Gasteiger partial charge in [-0.3, -0.25) is 5.10 Å². The second-order valence-electron chi connectivity index (χ2n) is 4.16. The number of aromatic amines is 1. The zero-order valence-electron chi connectivity index (χ0n) is 10.2. The molecule has 1 N–H and O–H groups in total. The standard InChI is InChI=1S/C11H15N3O2S2/c1-9(2)14(8-10-4-3-5-17-10)18(15,16)11-6-12-13-7-11/h3-7,9H,8H2,1-2H3,(H,12,13). The second kappa shape index (κ2) is 5.21. The van der Waals surface area contributed by atoms with Gasteiger partial charge in [0.1, 0.15) is 4.90 Å². The highest BCUT2D eigenvalue weighted by atomic mass is 32.2. The number of H-pyrrole nitrogens is 1. The zero-order chi connectivity index (χ0) is 13.2. The molecule has 0 amide bonds. The monoisotopic (exact) mass is 285 g/mol. The normalized spacial score (nSPS) is 12.4. The van der Waals surface area contributed by atoms with E-state index in [1.807, 2.05) is 31.4 Å². The van der Waals surface area contributed by atoms with Crippen LogP contribution in [-0.4, -0.2) is 29.0 Å². The van der Waals surface area contributed by atoms with Gasteiger partial charge in [0.25, 0.3) is 0 Å². The summed E-state index contributed by atoms with van der Waals surface area (Å²) < 4.78 is 26.3. The zero-order valence-corrected chi connectivity index (χ0v) is 11.8. The molecule has 7 heteroatoms. The van der Waals surface area contributed by atoms with Crippen molar-refractivity contribution in [3.8, 4) is 0 Å². The number of hydrogen-bond donors (Lipinski definition) is 1. The quantitative estimate of drug-likeness (QED) is 0.914. The first-order valence-electron chi connectivity index (χ1n) is 5.55. The molecule has 0 aliphatic rings. The molecule has 2 aromatic rings. The van der Waals surface area contributed by atoms with Gasteiger partial charge in [0.15, 0.2) is 0 Å². The molecule has 0 saturated carbocycles. The summed E-state index contributed by atoms with van der Waals surface area (Å²) in [6.45, 7) is 4.12. The van der Waals surface area contributed by atoms with Gasteiger partial charge < -0.3 is 0 Å².